The predicted octanol–water partition coefficient (Wildman–Crippen LogP) is 0.156. The van der Waals surface area contributed by atoms with Crippen LogP contribution in [-0.4, -0.2) is 34.4 Å². The van der Waals surface area contributed by atoms with Gasteiger partial charge in [-0.1, -0.05) is 0 Å². The van der Waals surface area contributed by atoms with Gasteiger partial charge in [0.15, 0.2) is 0 Å². The van der Waals surface area contributed by atoms with Crippen LogP contribution in [0.15, 0.2) is 0 Å². The topological polar surface area (TPSA) is 60.4 Å². The Labute approximate surface area is 70.6 Å². The van der Waals surface area contributed by atoms with Crippen molar-refractivity contribution in [3.8, 4) is 0 Å². The highest BCUT2D eigenvalue weighted by Gasteiger charge is 2.36. The molecule has 1 saturated carbocycles. The molecule has 1 aliphatic rings. The fourth-order valence-corrected chi connectivity index (χ4v) is 1.75. The van der Waals surface area contributed by atoms with Gasteiger partial charge in [-0.2, -0.15) is 0 Å². The van der Waals surface area contributed by atoms with Gasteiger partial charge < -0.3 is 10.2 Å². The summed E-state index contributed by atoms with van der Waals surface area (Å²) in [5, 5.41) is 28.2. The lowest BCUT2D eigenvalue weighted by atomic mass is 9.85. The van der Waals surface area contributed by atoms with Crippen molar-refractivity contribution in [2.45, 2.75) is 30.4 Å². The lowest BCUT2D eigenvalue weighted by molar-refractivity contribution is -0.0352. The van der Waals surface area contributed by atoms with E-state index in [1.807, 2.05) is 0 Å². The van der Waals surface area contributed by atoms with Crippen LogP contribution in [-0.2, 0) is 5.11 Å². The molecule has 0 aromatic carbocycles. The lowest BCUT2D eigenvalue weighted by Crippen LogP contribution is -2.44. The molecule has 0 spiro atoms. The summed E-state index contributed by atoms with van der Waals surface area (Å²) in [4.78, 5) is 0. The van der Waals surface area contributed by atoms with Crippen LogP contribution in [0.4, 0.5) is 0 Å². The van der Waals surface area contributed by atoms with Gasteiger partial charge in [0.25, 0.3) is 0 Å². The molecule has 4 atom stereocenters. The normalized spacial score (nSPS) is 45.8. The summed E-state index contributed by atoms with van der Waals surface area (Å²) < 4.78 is 0. The first-order valence-electron chi connectivity index (χ1n) is 3.75. The number of aliphatic hydroxyl groups excluding tert-OH is 2. The molecule has 1 aliphatic carbocycles. The van der Waals surface area contributed by atoms with Crippen LogP contribution in [0.25, 0.3) is 0 Å². The molecule has 2 N–H and O–H groups in total. The quantitative estimate of drug-likeness (QED) is 0.564. The standard InChI is InChI=1S/C7H12ClO3/c8-6-4(3-9)1-2-5(10)7(6)11/h4-7,10-11H,1-3H2. The summed E-state index contributed by atoms with van der Waals surface area (Å²) in [5.74, 6) is -0.185. The van der Waals surface area contributed by atoms with E-state index in [0.717, 1.165) is 0 Å². The average molecular weight is 180 g/mol. The number of hydrogen-bond donors (Lipinski definition) is 2. The second-order valence-corrected chi connectivity index (χ2v) is 3.51. The van der Waals surface area contributed by atoms with E-state index in [1.54, 1.807) is 0 Å². The maximum Gasteiger partial charge on any atom is 0.0965 e. The highest BCUT2D eigenvalue weighted by molar-refractivity contribution is 6.21. The predicted molar refractivity (Wildman–Crippen MR) is 39.9 cm³/mol. The third-order valence-corrected chi connectivity index (χ3v) is 2.83. The van der Waals surface area contributed by atoms with E-state index >= 15 is 0 Å². The number of aliphatic hydroxyl groups is 2. The number of hydrogen-bond acceptors (Lipinski definition) is 2. The van der Waals surface area contributed by atoms with Crippen LogP contribution in [0.5, 0.6) is 0 Å². The number of alkyl halides is 1. The third-order valence-electron chi connectivity index (χ3n) is 2.22. The van der Waals surface area contributed by atoms with Gasteiger partial charge in [0.2, 0.25) is 0 Å². The smallest absolute Gasteiger partial charge is 0.0965 e. The van der Waals surface area contributed by atoms with Crippen molar-refractivity contribution in [2.24, 2.45) is 5.92 Å². The molecule has 65 valence electrons. The molecule has 3 nitrogen and oxygen atoms in total. The van der Waals surface area contributed by atoms with Gasteiger partial charge in [-0.05, 0) is 12.8 Å². The summed E-state index contributed by atoms with van der Waals surface area (Å²) in [6.07, 6.45) is -0.572. The van der Waals surface area contributed by atoms with Crippen molar-refractivity contribution in [1.29, 1.82) is 0 Å². The Morgan fingerprint density at radius 3 is 2.55 bits per heavy atom. The Morgan fingerprint density at radius 1 is 1.36 bits per heavy atom. The van der Waals surface area contributed by atoms with E-state index in [9.17, 15) is 10.2 Å². The van der Waals surface area contributed by atoms with Crippen LogP contribution in [0.2, 0.25) is 0 Å². The molecular formula is C7H12ClO3. The van der Waals surface area contributed by atoms with Crippen LogP contribution >= 0.6 is 11.6 Å². The van der Waals surface area contributed by atoms with E-state index in [2.05, 4.69) is 0 Å². The molecule has 0 aromatic heterocycles. The Bertz CT molecular complexity index is 129. The van der Waals surface area contributed by atoms with E-state index in [4.69, 9.17) is 16.7 Å². The zero-order chi connectivity index (χ0) is 8.43. The highest BCUT2D eigenvalue weighted by Crippen LogP contribution is 2.28. The summed E-state index contributed by atoms with van der Waals surface area (Å²) >= 11 is 5.72. The fourth-order valence-electron chi connectivity index (χ4n) is 1.38. The van der Waals surface area contributed by atoms with Crippen LogP contribution in [0.1, 0.15) is 12.8 Å². The molecule has 0 aliphatic heterocycles. The first-order chi connectivity index (χ1) is 5.16. The van der Waals surface area contributed by atoms with Gasteiger partial charge in [-0.15, -0.1) is 11.6 Å². The van der Waals surface area contributed by atoms with Gasteiger partial charge >= 0.3 is 0 Å². The zero-order valence-corrected chi connectivity index (χ0v) is 6.87. The minimum Gasteiger partial charge on any atom is -0.390 e. The first-order valence-corrected chi connectivity index (χ1v) is 4.18. The van der Waals surface area contributed by atoms with Gasteiger partial charge in [0, 0.05) is 5.92 Å². The van der Waals surface area contributed by atoms with Crippen molar-refractivity contribution in [1.82, 2.24) is 0 Å². The largest absolute Gasteiger partial charge is 0.390 e. The third kappa shape index (κ3) is 1.85. The van der Waals surface area contributed by atoms with Gasteiger partial charge in [0.1, 0.15) is 0 Å². The summed E-state index contributed by atoms with van der Waals surface area (Å²) in [6.45, 7) is -0.266. The fraction of sp³-hybridized carbons (Fsp3) is 1.00. The van der Waals surface area contributed by atoms with Crippen molar-refractivity contribution in [3.63, 3.8) is 0 Å². The second kappa shape index (κ2) is 3.72. The summed E-state index contributed by atoms with van der Waals surface area (Å²) in [6, 6.07) is 0. The molecule has 0 bridgehead atoms. The molecule has 11 heavy (non-hydrogen) atoms. The van der Waals surface area contributed by atoms with E-state index in [0.29, 0.717) is 12.8 Å². The van der Waals surface area contributed by atoms with Crippen molar-refractivity contribution in [2.75, 3.05) is 6.61 Å². The molecule has 0 aromatic rings. The molecule has 4 heteroatoms. The van der Waals surface area contributed by atoms with Gasteiger partial charge in [-0.25, -0.2) is 5.11 Å². The Kier molecular flexibility index (Phi) is 3.13. The summed E-state index contributed by atoms with van der Waals surface area (Å²) in [7, 11) is 0. The lowest BCUT2D eigenvalue weighted by Gasteiger charge is -2.33. The van der Waals surface area contributed by atoms with E-state index < -0.39 is 17.6 Å². The SMILES string of the molecule is [O]CC1CCC(O)C(O)C1Cl. The Hall–Kier alpha value is 0.170. The molecule has 1 rings (SSSR count). The van der Waals surface area contributed by atoms with E-state index in [1.165, 1.54) is 0 Å². The van der Waals surface area contributed by atoms with Gasteiger partial charge in [0.05, 0.1) is 24.2 Å². The number of halogens is 1. The molecule has 0 heterocycles. The maximum absolute atomic E-state index is 10.5. The average Bonchev–Trinajstić information content (AvgIpc) is 2.01. The molecular weight excluding hydrogens is 168 g/mol. The number of rotatable bonds is 1. The second-order valence-electron chi connectivity index (χ2n) is 3.01. The van der Waals surface area contributed by atoms with Crippen LogP contribution < -0.4 is 0 Å². The van der Waals surface area contributed by atoms with E-state index in [-0.39, 0.29) is 12.5 Å². The first kappa shape index (κ1) is 9.26. The highest BCUT2D eigenvalue weighted by atomic mass is 35.5. The summed E-state index contributed by atoms with van der Waals surface area (Å²) in [5.41, 5.74) is 0. The zero-order valence-electron chi connectivity index (χ0n) is 6.11. The van der Waals surface area contributed by atoms with Crippen molar-refractivity contribution >= 4 is 11.6 Å². The Morgan fingerprint density at radius 2 is 2.00 bits per heavy atom. The minimum absolute atomic E-state index is 0.185. The Balaban J connectivity index is 2.52. The minimum atomic E-state index is -0.927. The van der Waals surface area contributed by atoms with Gasteiger partial charge in [-0.3, -0.25) is 0 Å². The molecule has 1 radical (unpaired) electrons. The maximum atomic E-state index is 10.5. The van der Waals surface area contributed by atoms with Crippen molar-refractivity contribution < 1.29 is 15.3 Å². The van der Waals surface area contributed by atoms with Crippen molar-refractivity contribution in [3.05, 3.63) is 0 Å². The molecule has 0 amide bonds. The van der Waals surface area contributed by atoms with Crippen LogP contribution in [0.3, 0.4) is 0 Å². The molecule has 0 saturated heterocycles. The molecule has 1 fully saturated rings. The van der Waals surface area contributed by atoms with Crippen LogP contribution in [0, 0.1) is 5.92 Å². The molecule has 4 unspecified atom stereocenters. The monoisotopic (exact) mass is 179 g/mol.